The second-order valence-electron chi connectivity index (χ2n) is 8.70. The Morgan fingerprint density at radius 1 is 1.12 bits per heavy atom. The highest BCUT2D eigenvalue weighted by Crippen LogP contribution is 2.30. The van der Waals surface area contributed by atoms with Crippen LogP contribution in [0.3, 0.4) is 0 Å². The number of carboxylic acids is 1. The van der Waals surface area contributed by atoms with Crippen molar-refractivity contribution in [2.24, 2.45) is 5.92 Å². The smallest absolute Gasteiger partial charge is 0.303 e. The van der Waals surface area contributed by atoms with Gasteiger partial charge in [0.1, 0.15) is 0 Å². The van der Waals surface area contributed by atoms with Crippen LogP contribution in [-0.4, -0.2) is 33.2 Å². The first-order valence-electron chi connectivity index (χ1n) is 11.1. The molecule has 1 N–H and O–H groups in total. The number of aryl methyl sites for hydroxylation is 2. The minimum absolute atomic E-state index is 0.0726. The number of hydrogen-bond donors (Lipinski definition) is 1. The van der Waals surface area contributed by atoms with Crippen LogP contribution < -0.4 is 0 Å². The summed E-state index contributed by atoms with van der Waals surface area (Å²) in [5, 5.41) is 14.7. The van der Waals surface area contributed by atoms with E-state index in [1.54, 1.807) is 48.7 Å². The van der Waals surface area contributed by atoms with E-state index in [4.69, 9.17) is 16.7 Å². The fourth-order valence-corrected chi connectivity index (χ4v) is 5.67. The van der Waals surface area contributed by atoms with Gasteiger partial charge in [0.2, 0.25) is 0 Å². The molecule has 2 heterocycles. The number of fused-ring (bicyclic) bond motifs is 1. The van der Waals surface area contributed by atoms with Crippen LogP contribution in [0.5, 0.6) is 0 Å². The minimum atomic E-state index is -4.01. The first kappa shape index (κ1) is 24.0. The van der Waals surface area contributed by atoms with Gasteiger partial charge in [0.25, 0.3) is 10.0 Å². The van der Waals surface area contributed by atoms with Gasteiger partial charge in [0, 0.05) is 34.4 Å². The van der Waals surface area contributed by atoms with Gasteiger partial charge in [0.05, 0.1) is 23.0 Å². The fraction of sp³-hybridized carbons (Fsp3) is 0.280. The maximum Gasteiger partial charge on any atom is 0.303 e. The van der Waals surface area contributed by atoms with Crippen molar-refractivity contribution in [3.63, 3.8) is 0 Å². The summed E-state index contributed by atoms with van der Waals surface area (Å²) in [5.74, 6) is -0.438. The van der Waals surface area contributed by atoms with Crippen LogP contribution >= 0.6 is 11.6 Å². The molecular weight excluding hydrogens is 474 g/mol. The predicted molar refractivity (Wildman–Crippen MR) is 133 cm³/mol. The summed E-state index contributed by atoms with van der Waals surface area (Å²) in [6.07, 6.45) is 4.54. The molecule has 7 nitrogen and oxygen atoms in total. The van der Waals surface area contributed by atoms with Gasteiger partial charge < -0.3 is 5.11 Å². The molecule has 0 atom stereocenters. The highest BCUT2D eigenvalue weighted by atomic mass is 35.5. The normalized spacial score (nSPS) is 12.0. The third-order valence-corrected chi connectivity index (χ3v) is 7.66. The van der Waals surface area contributed by atoms with Crippen molar-refractivity contribution in [3.8, 4) is 11.1 Å². The number of aromatic nitrogens is 3. The average Bonchev–Trinajstić information content (AvgIpc) is 3.41. The van der Waals surface area contributed by atoms with Crippen molar-refractivity contribution in [2.45, 2.75) is 44.6 Å². The molecule has 2 aromatic carbocycles. The zero-order valence-corrected chi connectivity index (χ0v) is 20.6. The molecule has 0 radical (unpaired) electrons. The molecule has 0 aliphatic rings. The van der Waals surface area contributed by atoms with Crippen molar-refractivity contribution < 1.29 is 18.3 Å². The molecular formula is C25H26ClN3O4S. The summed E-state index contributed by atoms with van der Waals surface area (Å²) in [6, 6.07) is 13.3. The van der Waals surface area contributed by atoms with Crippen molar-refractivity contribution in [1.29, 1.82) is 0 Å². The van der Waals surface area contributed by atoms with Crippen molar-refractivity contribution in [2.75, 3.05) is 0 Å². The molecule has 0 bridgehead atoms. The minimum Gasteiger partial charge on any atom is -0.481 e. The number of nitrogens with zero attached hydrogens (tertiary/aromatic N) is 3. The molecule has 0 aliphatic carbocycles. The van der Waals surface area contributed by atoms with Crippen LogP contribution in [0.4, 0.5) is 0 Å². The summed E-state index contributed by atoms with van der Waals surface area (Å²) in [4.78, 5) is 11.3. The lowest BCUT2D eigenvalue weighted by Gasteiger charge is -2.13. The Morgan fingerprint density at radius 2 is 1.91 bits per heavy atom. The van der Waals surface area contributed by atoms with Gasteiger partial charge in [-0.2, -0.15) is 5.10 Å². The van der Waals surface area contributed by atoms with E-state index in [0.717, 1.165) is 24.1 Å². The van der Waals surface area contributed by atoms with E-state index in [2.05, 4.69) is 18.9 Å². The van der Waals surface area contributed by atoms with E-state index in [-0.39, 0.29) is 17.7 Å². The summed E-state index contributed by atoms with van der Waals surface area (Å²) < 4.78 is 30.7. The largest absolute Gasteiger partial charge is 0.481 e. The van der Waals surface area contributed by atoms with Gasteiger partial charge in [-0.3, -0.25) is 9.48 Å². The van der Waals surface area contributed by atoms with Crippen LogP contribution in [0.2, 0.25) is 5.02 Å². The van der Waals surface area contributed by atoms with Gasteiger partial charge in [-0.1, -0.05) is 37.6 Å². The quantitative estimate of drug-likeness (QED) is 0.330. The lowest BCUT2D eigenvalue weighted by atomic mass is 10.1. The van der Waals surface area contributed by atoms with Crippen LogP contribution in [0.1, 0.15) is 32.4 Å². The number of benzene rings is 2. The van der Waals surface area contributed by atoms with Crippen molar-refractivity contribution >= 4 is 38.5 Å². The summed E-state index contributed by atoms with van der Waals surface area (Å²) >= 11 is 6.11. The molecule has 0 aliphatic heterocycles. The molecule has 0 spiro atoms. The van der Waals surface area contributed by atoms with E-state index >= 15 is 0 Å². The second-order valence-corrected chi connectivity index (χ2v) is 10.9. The lowest BCUT2D eigenvalue weighted by Crippen LogP contribution is -2.16. The highest BCUT2D eigenvalue weighted by Gasteiger charge is 2.24. The van der Waals surface area contributed by atoms with Crippen LogP contribution in [0, 0.1) is 5.92 Å². The van der Waals surface area contributed by atoms with Crippen molar-refractivity contribution in [1.82, 2.24) is 13.8 Å². The predicted octanol–water partition coefficient (Wildman–Crippen LogP) is 5.46. The molecule has 4 aromatic rings. The standard InChI is InChI=1S/C25H26ClN3O4S/c1-17(2)10-11-28-16-20(15-27-28)18-4-3-5-23(14-18)34(32,33)29-22(7-9-25(30)31)13-19-12-21(26)6-8-24(19)29/h3-6,8,12-17H,7,9-11H2,1-2H3,(H,30,31). The van der Waals surface area contributed by atoms with Gasteiger partial charge in [0.15, 0.2) is 0 Å². The molecule has 34 heavy (non-hydrogen) atoms. The van der Waals surface area contributed by atoms with E-state index < -0.39 is 16.0 Å². The Kier molecular flexibility index (Phi) is 6.81. The van der Waals surface area contributed by atoms with E-state index in [9.17, 15) is 13.2 Å². The third kappa shape index (κ3) is 5.03. The summed E-state index contributed by atoms with van der Waals surface area (Å²) in [6.45, 7) is 5.10. The first-order chi connectivity index (χ1) is 16.1. The van der Waals surface area contributed by atoms with Gasteiger partial charge >= 0.3 is 5.97 Å². The van der Waals surface area contributed by atoms with Gasteiger partial charge in [-0.05, 0) is 60.7 Å². The molecule has 9 heteroatoms. The maximum absolute atomic E-state index is 13.8. The zero-order chi connectivity index (χ0) is 24.5. The maximum atomic E-state index is 13.8. The number of aliphatic carboxylic acids is 1. The average molecular weight is 500 g/mol. The third-order valence-electron chi connectivity index (χ3n) is 5.66. The Labute approximate surface area is 203 Å². The molecule has 0 saturated carbocycles. The lowest BCUT2D eigenvalue weighted by molar-refractivity contribution is -0.136. The van der Waals surface area contributed by atoms with E-state index in [1.807, 2.05) is 16.9 Å². The Bertz CT molecular complexity index is 1450. The molecule has 178 valence electrons. The summed E-state index contributed by atoms with van der Waals surface area (Å²) in [5.41, 5.74) is 2.42. The Hall–Kier alpha value is -3.10. The number of rotatable bonds is 9. The molecule has 4 rings (SSSR count). The molecule has 0 unspecified atom stereocenters. The number of halogens is 1. The number of hydrogen-bond acceptors (Lipinski definition) is 4. The van der Waals surface area contributed by atoms with Crippen LogP contribution in [0.15, 0.2) is 65.8 Å². The first-order valence-corrected chi connectivity index (χ1v) is 12.9. The highest BCUT2D eigenvalue weighted by molar-refractivity contribution is 7.90. The molecule has 0 saturated heterocycles. The number of carbonyl (C=O) groups is 1. The Morgan fingerprint density at radius 3 is 2.65 bits per heavy atom. The summed E-state index contributed by atoms with van der Waals surface area (Å²) in [7, 11) is -4.01. The Balaban J connectivity index is 1.76. The van der Waals surface area contributed by atoms with Gasteiger partial charge in [-0.15, -0.1) is 0 Å². The fourth-order valence-electron chi connectivity index (χ4n) is 3.88. The molecule has 2 aromatic heterocycles. The topological polar surface area (TPSA) is 94.2 Å². The SMILES string of the molecule is CC(C)CCn1cc(-c2cccc(S(=O)(=O)n3c(CCC(=O)O)cc4cc(Cl)ccc43)c2)cn1. The van der Waals surface area contributed by atoms with Crippen LogP contribution in [0.25, 0.3) is 22.0 Å². The van der Waals surface area contributed by atoms with Crippen molar-refractivity contribution in [3.05, 3.63) is 71.6 Å². The van der Waals surface area contributed by atoms with Crippen LogP contribution in [-0.2, 0) is 27.8 Å². The van der Waals surface area contributed by atoms with Gasteiger partial charge in [-0.25, -0.2) is 12.4 Å². The zero-order valence-electron chi connectivity index (χ0n) is 19.0. The molecule has 0 fully saturated rings. The number of carboxylic acid groups (broad SMARTS) is 1. The second kappa shape index (κ2) is 9.64. The van der Waals surface area contributed by atoms with E-state index in [0.29, 0.717) is 27.5 Å². The molecule has 0 amide bonds. The van der Waals surface area contributed by atoms with E-state index in [1.165, 1.54) is 3.97 Å². The monoisotopic (exact) mass is 499 g/mol.